The Morgan fingerprint density at radius 1 is 1.20 bits per heavy atom. The maximum atomic E-state index is 10.6. The van der Waals surface area contributed by atoms with E-state index in [-0.39, 0.29) is 22.8 Å². The van der Waals surface area contributed by atoms with Crippen LogP contribution in [0.2, 0.25) is 0 Å². The van der Waals surface area contributed by atoms with Crippen molar-refractivity contribution in [3.05, 3.63) is 39.9 Å². The number of nitrogens with zero attached hydrogens (tertiary/aromatic N) is 1. The summed E-state index contributed by atoms with van der Waals surface area (Å²) in [6.07, 6.45) is 6.48. The topological polar surface area (TPSA) is 75.4 Å². The number of hydrogen-bond acceptors (Lipinski definition) is 4. The highest BCUT2D eigenvalue weighted by Crippen LogP contribution is 2.27. The van der Waals surface area contributed by atoms with E-state index in [1.165, 1.54) is 31.4 Å². The number of nitrogens with one attached hydrogen (secondary N) is 1. The van der Waals surface area contributed by atoms with Crippen molar-refractivity contribution in [3.63, 3.8) is 0 Å². The van der Waals surface area contributed by atoms with E-state index in [4.69, 9.17) is 0 Å². The second kappa shape index (κ2) is 6.81. The predicted octanol–water partition coefficient (Wildman–Crippen LogP) is 2.42. The molecule has 1 aliphatic rings. The standard InChI is InChI=1S/C15H22N2O3/c18-12-15(9-2-1-3-10-15)16-11-8-13-4-6-14(7-5-13)17(19)20/h4-7,16,18H,1-3,8-12H2. The lowest BCUT2D eigenvalue weighted by molar-refractivity contribution is -0.384. The molecule has 1 aliphatic carbocycles. The predicted molar refractivity (Wildman–Crippen MR) is 77.7 cm³/mol. The van der Waals surface area contributed by atoms with Crippen molar-refractivity contribution in [3.8, 4) is 0 Å². The minimum atomic E-state index is -0.384. The molecule has 20 heavy (non-hydrogen) atoms. The quantitative estimate of drug-likeness (QED) is 0.619. The Hall–Kier alpha value is -1.46. The molecule has 1 fully saturated rings. The van der Waals surface area contributed by atoms with E-state index in [2.05, 4.69) is 5.32 Å². The molecule has 1 saturated carbocycles. The third-order valence-corrected chi connectivity index (χ3v) is 4.17. The van der Waals surface area contributed by atoms with Gasteiger partial charge >= 0.3 is 0 Å². The average molecular weight is 278 g/mol. The van der Waals surface area contributed by atoms with Crippen molar-refractivity contribution in [2.75, 3.05) is 13.2 Å². The molecule has 0 bridgehead atoms. The molecule has 0 saturated heterocycles. The van der Waals surface area contributed by atoms with Gasteiger partial charge in [0, 0.05) is 17.7 Å². The number of aliphatic hydroxyl groups is 1. The highest BCUT2D eigenvalue weighted by atomic mass is 16.6. The molecule has 0 aliphatic heterocycles. The molecule has 0 atom stereocenters. The van der Waals surface area contributed by atoms with E-state index in [9.17, 15) is 15.2 Å². The minimum absolute atomic E-state index is 0.112. The fraction of sp³-hybridized carbons (Fsp3) is 0.600. The van der Waals surface area contributed by atoms with Crippen LogP contribution in [-0.4, -0.2) is 28.7 Å². The van der Waals surface area contributed by atoms with Gasteiger partial charge in [0.05, 0.1) is 11.5 Å². The first-order chi connectivity index (χ1) is 9.65. The Bertz CT molecular complexity index is 439. The molecule has 0 unspecified atom stereocenters. The van der Waals surface area contributed by atoms with Gasteiger partial charge in [-0.15, -0.1) is 0 Å². The van der Waals surface area contributed by atoms with Gasteiger partial charge in [-0.05, 0) is 31.4 Å². The fourth-order valence-electron chi connectivity index (χ4n) is 2.88. The molecule has 0 aromatic heterocycles. The van der Waals surface area contributed by atoms with Gasteiger partial charge in [0.25, 0.3) is 5.69 Å². The van der Waals surface area contributed by atoms with Gasteiger partial charge in [-0.2, -0.15) is 0 Å². The fourth-order valence-corrected chi connectivity index (χ4v) is 2.88. The van der Waals surface area contributed by atoms with Crippen LogP contribution in [0.1, 0.15) is 37.7 Å². The molecule has 0 radical (unpaired) electrons. The zero-order valence-corrected chi connectivity index (χ0v) is 11.7. The Labute approximate surface area is 119 Å². The van der Waals surface area contributed by atoms with Crippen LogP contribution in [0.5, 0.6) is 0 Å². The first-order valence-corrected chi connectivity index (χ1v) is 7.24. The Kier molecular flexibility index (Phi) is 5.09. The number of rotatable bonds is 6. The summed E-state index contributed by atoms with van der Waals surface area (Å²) in [5, 5.41) is 23.7. The molecule has 2 N–H and O–H groups in total. The van der Waals surface area contributed by atoms with Crippen molar-refractivity contribution < 1.29 is 10.0 Å². The molecule has 5 nitrogen and oxygen atoms in total. The largest absolute Gasteiger partial charge is 0.394 e. The number of non-ortho nitro benzene ring substituents is 1. The monoisotopic (exact) mass is 278 g/mol. The van der Waals surface area contributed by atoms with Gasteiger partial charge in [-0.25, -0.2) is 0 Å². The summed E-state index contributed by atoms with van der Waals surface area (Å²) in [7, 11) is 0. The summed E-state index contributed by atoms with van der Waals surface area (Å²) in [5.41, 5.74) is 1.09. The van der Waals surface area contributed by atoms with E-state index in [1.807, 2.05) is 0 Å². The molecular formula is C15H22N2O3. The summed E-state index contributed by atoms with van der Waals surface area (Å²) in [5.74, 6) is 0. The molecule has 1 aromatic carbocycles. The van der Waals surface area contributed by atoms with Gasteiger partial charge in [-0.1, -0.05) is 31.4 Å². The van der Waals surface area contributed by atoms with Crippen LogP contribution >= 0.6 is 0 Å². The third kappa shape index (κ3) is 3.77. The summed E-state index contributed by atoms with van der Waals surface area (Å²) in [6, 6.07) is 6.67. The van der Waals surface area contributed by atoms with Crippen molar-refractivity contribution in [1.82, 2.24) is 5.32 Å². The van der Waals surface area contributed by atoms with Gasteiger partial charge in [-0.3, -0.25) is 10.1 Å². The zero-order valence-electron chi connectivity index (χ0n) is 11.7. The normalized spacial score (nSPS) is 17.9. The minimum Gasteiger partial charge on any atom is -0.394 e. The molecule has 0 heterocycles. The Morgan fingerprint density at radius 2 is 1.85 bits per heavy atom. The lowest BCUT2D eigenvalue weighted by Crippen LogP contribution is -2.50. The summed E-state index contributed by atoms with van der Waals surface area (Å²) >= 11 is 0. The van der Waals surface area contributed by atoms with E-state index in [0.29, 0.717) is 0 Å². The van der Waals surface area contributed by atoms with Crippen LogP contribution in [0, 0.1) is 10.1 Å². The zero-order chi connectivity index (χ0) is 14.4. The van der Waals surface area contributed by atoms with E-state index in [1.54, 1.807) is 12.1 Å². The van der Waals surface area contributed by atoms with Gasteiger partial charge in [0.1, 0.15) is 0 Å². The van der Waals surface area contributed by atoms with E-state index in [0.717, 1.165) is 31.4 Å². The molecule has 110 valence electrons. The molecule has 0 spiro atoms. The van der Waals surface area contributed by atoms with Gasteiger partial charge < -0.3 is 10.4 Å². The Morgan fingerprint density at radius 3 is 2.40 bits per heavy atom. The van der Waals surface area contributed by atoms with Crippen molar-refractivity contribution in [2.24, 2.45) is 0 Å². The molecule has 2 rings (SSSR count). The lowest BCUT2D eigenvalue weighted by atomic mass is 9.82. The summed E-state index contributed by atoms with van der Waals surface area (Å²) < 4.78 is 0. The van der Waals surface area contributed by atoms with Gasteiger partial charge in [0.15, 0.2) is 0 Å². The smallest absolute Gasteiger partial charge is 0.269 e. The highest BCUT2D eigenvalue weighted by molar-refractivity contribution is 5.32. The molecule has 5 heteroatoms. The average Bonchev–Trinajstić information content (AvgIpc) is 2.49. The van der Waals surface area contributed by atoms with Crippen LogP contribution in [0.25, 0.3) is 0 Å². The molecule has 1 aromatic rings. The Balaban J connectivity index is 1.84. The van der Waals surface area contributed by atoms with E-state index < -0.39 is 0 Å². The van der Waals surface area contributed by atoms with Crippen LogP contribution in [0.3, 0.4) is 0 Å². The number of benzene rings is 1. The maximum Gasteiger partial charge on any atom is 0.269 e. The van der Waals surface area contributed by atoms with Crippen molar-refractivity contribution in [1.29, 1.82) is 0 Å². The van der Waals surface area contributed by atoms with Crippen molar-refractivity contribution >= 4 is 5.69 Å². The lowest BCUT2D eigenvalue weighted by Gasteiger charge is -2.36. The van der Waals surface area contributed by atoms with Crippen LogP contribution in [0.15, 0.2) is 24.3 Å². The summed E-state index contributed by atoms with van der Waals surface area (Å²) in [4.78, 5) is 10.2. The van der Waals surface area contributed by atoms with E-state index >= 15 is 0 Å². The van der Waals surface area contributed by atoms with Crippen LogP contribution < -0.4 is 5.32 Å². The number of nitro groups is 1. The highest BCUT2D eigenvalue weighted by Gasteiger charge is 2.30. The molecular weight excluding hydrogens is 256 g/mol. The van der Waals surface area contributed by atoms with Crippen LogP contribution in [-0.2, 0) is 6.42 Å². The first kappa shape index (κ1) is 14.9. The number of nitro benzene ring substituents is 1. The second-order valence-corrected chi connectivity index (χ2v) is 5.60. The molecule has 0 amide bonds. The maximum absolute atomic E-state index is 10.6. The summed E-state index contributed by atoms with van der Waals surface area (Å²) in [6.45, 7) is 0.978. The SMILES string of the molecule is O=[N+]([O-])c1ccc(CCNC2(CO)CCCCC2)cc1. The first-order valence-electron chi connectivity index (χ1n) is 7.24. The van der Waals surface area contributed by atoms with Gasteiger partial charge in [0.2, 0.25) is 0 Å². The second-order valence-electron chi connectivity index (χ2n) is 5.60. The third-order valence-electron chi connectivity index (χ3n) is 4.17. The number of aliphatic hydroxyl groups excluding tert-OH is 1. The van der Waals surface area contributed by atoms with Crippen molar-refractivity contribution in [2.45, 2.75) is 44.1 Å². The van der Waals surface area contributed by atoms with Crippen LogP contribution in [0.4, 0.5) is 5.69 Å². The number of hydrogen-bond donors (Lipinski definition) is 2.